The normalized spacial score (nSPS) is 13.6. The zero-order valence-corrected chi connectivity index (χ0v) is 45.0. The molecule has 2 nitrogen and oxygen atoms in total. The van der Waals surface area contributed by atoms with Crippen LogP contribution in [0.3, 0.4) is 0 Å². The van der Waals surface area contributed by atoms with Crippen LogP contribution >= 0.6 is 0 Å². The maximum absolute atomic E-state index is 2.41. The van der Waals surface area contributed by atoms with Crippen molar-refractivity contribution in [2.24, 2.45) is 0 Å². The summed E-state index contributed by atoms with van der Waals surface area (Å²) in [6, 6.07) is 81.2. The molecule has 0 radical (unpaired) electrons. The molecule has 0 aromatic heterocycles. The molecular formula is C74H64N2. The Morgan fingerprint density at radius 2 is 0.487 bits per heavy atom. The fraction of sp³-hybridized carbons (Fsp3) is 0.135. The van der Waals surface area contributed by atoms with Crippen LogP contribution in [0.2, 0.25) is 0 Å². The average molecular weight is 981 g/mol. The maximum atomic E-state index is 2.41. The summed E-state index contributed by atoms with van der Waals surface area (Å²) in [5.74, 6) is 0. The summed E-state index contributed by atoms with van der Waals surface area (Å²) in [4.78, 5) is 4.76. The SMILES string of the molecule is Cc1ccc(N(c2ccc(C)cc2)c2ccc3c(c2)C(C)(C)c2cc(C=Cc4ccc(-c5ccc(C=Cc6ccc7c(c6)C(C)(C)c6cc(N(c8ccc(C)cc8)c8ccc(C)cc8)ccc6-7)cc5)cc4)ccc2-3)cc1. The van der Waals surface area contributed by atoms with Crippen LogP contribution in [0.25, 0.3) is 57.7 Å². The minimum absolute atomic E-state index is 0.157. The van der Waals surface area contributed by atoms with E-state index in [0.29, 0.717) is 0 Å². The number of hydrogen-bond donors (Lipinski definition) is 0. The van der Waals surface area contributed by atoms with Gasteiger partial charge in [-0.1, -0.05) is 220 Å². The molecule has 2 heteroatoms. The first kappa shape index (κ1) is 48.2. The molecule has 0 unspecified atom stereocenters. The molecule has 2 aliphatic carbocycles. The largest absolute Gasteiger partial charge is 0.310 e. The van der Waals surface area contributed by atoms with Gasteiger partial charge < -0.3 is 9.80 Å². The van der Waals surface area contributed by atoms with Crippen molar-refractivity contribution in [1.29, 1.82) is 0 Å². The van der Waals surface area contributed by atoms with Crippen molar-refractivity contribution in [3.63, 3.8) is 0 Å². The summed E-state index contributed by atoms with van der Waals surface area (Å²) in [7, 11) is 0. The smallest absolute Gasteiger partial charge is 0.0465 e. The van der Waals surface area contributed by atoms with Crippen molar-refractivity contribution in [1.82, 2.24) is 0 Å². The lowest BCUT2D eigenvalue weighted by Gasteiger charge is -2.28. The van der Waals surface area contributed by atoms with Crippen molar-refractivity contribution in [2.75, 3.05) is 9.80 Å². The van der Waals surface area contributed by atoms with Gasteiger partial charge in [0.15, 0.2) is 0 Å². The second-order valence-corrected chi connectivity index (χ2v) is 22.2. The standard InChI is InChI=1S/C74H64N2/c1-49-9-31-59(32-10-49)75(60-33-11-50(2)12-34-60)63-39-43-67-65-41-25-55(45-69(65)73(5,6)71(67)47-63)19-17-53-21-27-57(28-22-53)58-29-23-54(24-30-58)18-20-56-26-42-66-68-44-40-64(48-72(68)74(7,8)70(66)46-56)76(61-35-13-51(3)14-36-61)62-37-15-52(4)16-38-62/h9-48H,1-8H3. The van der Waals surface area contributed by atoms with E-state index in [2.05, 4.69) is 308 Å². The molecule has 0 bridgehead atoms. The van der Waals surface area contributed by atoms with Crippen LogP contribution < -0.4 is 9.80 Å². The lowest BCUT2D eigenvalue weighted by molar-refractivity contribution is 0.660. The highest BCUT2D eigenvalue weighted by atomic mass is 15.1. The first-order valence-electron chi connectivity index (χ1n) is 26.8. The van der Waals surface area contributed by atoms with E-state index in [1.165, 1.54) is 112 Å². The molecule has 0 amide bonds. The number of hydrogen-bond acceptors (Lipinski definition) is 2. The van der Waals surface area contributed by atoms with Gasteiger partial charge in [-0.3, -0.25) is 0 Å². The number of nitrogens with zero attached hydrogens (tertiary/aromatic N) is 2. The van der Waals surface area contributed by atoms with Crippen LogP contribution in [0.4, 0.5) is 34.1 Å². The summed E-state index contributed by atoms with van der Waals surface area (Å²) in [5, 5.41) is 0. The highest BCUT2D eigenvalue weighted by Gasteiger charge is 2.37. The van der Waals surface area contributed by atoms with Crippen molar-refractivity contribution in [2.45, 2.75) is 66.2 Å². The monoisotopic (exact) mass is 981 g/mol. The van der Waals surface area contributed by atoms with Crippen LogP contribution in [0.5, 0.6) is 0 Å². The third kappa shape index (κ3) is 8.98. The van der Waals surface area contributed by atoms with Crippen LogP contribution in [-0.2, 0) is 10.8 Å². The van der Waals surface area contributed by atoms with Gasteiger partial charge in [0, 0.05) is 45.0 Å². The lowest BCUT2D eigenvalue weighted by Crippen LogP contribution is -2.16. The van der Waals surface area contributed by atoms with Crippen molar-refractivity contribution in [3.05, 3.63) is 285 Å². The molecule has 0 saturated carbocycles. The van der Waals surface area contributed by atoms with Gasteiger partial charge in [-0.2, -0.15) is 0 Å². The third-order valence-corrected chi connectivity index (χ3v) is 16.1. The van der Waals surface area contributed by atoms with Crippen molar-refractivity contribution in [3.8, 4) is 33.4 Å². The molecule has 10 aromatic rings. The van der Waals surface area contributed by atoms with Gasteiger partial charge in [-0.05, 0) is 178 Å². The topological polar surface area (TPSA) is 6.48 Å². The minimum Gasteiger partial charge on any atom is -0.310 e. The fourth-order valence-corrected chi connectivity index (χ4v) is 11.6. The van der Waals surface area contributed by atoms with Crippen LogP contribution in [-0.4, -0.2) is 0 Å². The second kappa shape index (κ2) is 19.2. The Hall–Kier alpha value is -8.72. The van der Waals surface area contributed by atoms with Crippen LogP contribution in [0.1, 0.15) is 94.5 Å². The second-order valence-electron chi connectivity index (χ2n) is 22.2. The van der Waals surface area contributed by atoms with E-state index in [4.69, 9.17) is 0 Å². The highest BCUT2D eigenvalue weighted by Crippen LogP contribution is 2.53. The first-order chi connectivity index (χ1) is 36.8. The Morgan fingerprint density at radius 1 is 0.250 bits per heavy atom. The first-order valence-corrected chi connectivity index (χ1v) is 26.8. The predicted molar refractivity (Wildman–Crippen MR) is 326 cm³/mol. The Kier molecular flexibility index (Phi) is 12.2. The van der Waals surface area contributed by atoms with E-state index >= 15 is 0 Å². The van der Waals surface area contributed by atoms with Gasteiger partial charge in [0.1, 0.15) is 0 Å². The van der Waals surface area contributed by atoms with Crippen molar-refractivity contribution >= 4 is 58.4 Å². The van der Waals surface area contributed by atoms with Gasteiger partial charge in [-0.15, -0.1) is 0 Å². The van der Waals surface area contributed by atoms with Gasteiger partial charge in [0.25, 0.3) is 0 Å². The number of aryl methyl sites for hydroxylation is 4. The summed E-state index contributed by atoms with van der Waals surface area (Å²) in [5.41, 5.74) is 29.6. The van der Waals surface area contributed by atoms with E-state index in [-0.39, 0.29) is 10.8 Å². The fourth-order valence-electron chi connectivity index (χ4n) is 11.6. The molecule has 0 spiro atoms. The molecule has 0 fully saturated rings. The highest BCUT2D eigenvalue weighted by molar-refractivity contribution is 5.89. The molecule has 370 valence electrons. The molecule has 76 heavy (non-hydrogen) atoms. The summed E-state index contributed by atoms with van der Waals surface area (Å²) < 4.78 is 0. The molecule has 0 saturated heterocycles. The third-order valence-electron chi connectivity index (χ3n) is 16.1. The number of anilines is 6. The average Bonchev–Trinajstić information content (AvgIpc) is 3.94. The van der Waals surface area contributed by atoms with E-state index < -0.39 is 0 Å². The molecule has 12 rings (SSSR count). The summed E-state index contributed by atoms with van der Waals surface area (Å²) in [6.07, 6.45) is 8.97. The minimum atomic E-state index is -0.157. The van der Waals surface area contributed by atoms with Gasteiger partial charge in [-0.25, -0.2) is 0 Å². The Bertz CT molecular complexity index is 3500. The van der Waals surface area contributed by atoms with Crippen LogP contribution in [0, 0.1) is 27.7 Å². The lowest BCUT2D eigenvalue weighted by atomic mass is 9.81. The maximum Gasteiger partial charge on any atom is 0.0465 e. The molecule has 0 N–H and O–H groups in total. The Labute approximate surface area is 450 Å². The number of fused-ring (bicyclic) bond motifs is 6. The number of benzene rings is 10. The molecular weight excluding hydrogens is 917 g/mol. The molecule has 0 atom stereocenters. The summed E-state index contributed by atoms with van der Waals surface area (Å²) >= 11 is 0. The Balaban J connectivity index is 0.721. The Morgan fingerprint density at radius 3 is 0.789 bits per heavy atom. The molecule has 0 heterocycles. The van der Waals surface area contributed by atoms with E-state index in [9.17, 15) is 0 Å². The zero-order chi connectivity index (χ0) is 52.3. The zero-order valence-electron chi connectivity index (χ0n) is 45.0. The molecule has 0 aliphatic heterocycles. The summed E-state index contributed by atoms with van der Waals surface area (Å²) in [6.45, 7) is 18.1. The quantitative estimate of drug-likeness (QED) is 0.119. The molecule has 10 aromatic carbocycles. The predicted octanol–water partition coefficient (Wildman–Crippen LogP) is 20.5. The van der Waals surface area contributed by atoms with E-state index in [0.717, 1.165) is 22.7 Å². The van der Waals surface area contributed by atoms with Gasteiger partial charge >= 0.3 is 0 Å². The number of rotatable bonds is 11. The molecule has 2 aliphatic rings. The van der Waals surface area contributed by atoms with Gasteiger partial charge in [0.05, 0.1) is 0 Å². The van der Waals surface area contributed by atoms with Gasteiger partial charge in [0.2, 0.25) is 0 Å². The van der Waals surface area contributed by atoms with E-state index in [1.54, 1.807) is 0 Å². The van der Waals surface area contributed by atoms with Crippen molar-refractivity contribution < 1.29 is 0 Å². The van der Waals surface area contributed by atoms with E-state index in [1.807, 2.05) is 0 Å². The van der Waals surface area contributed by atoms with Crippen LogP contribution in [0.15, 0.2) is 218 Å².